The van der Waals surface area contributed by atoms with Gasteiger partial charge in [0.15, 0.2) is 17.1 Å². The van der Waals surface area contributed by atoms with Crippen LogP contribution in [0, 0.1) is 19.7 Å². The summed E-state index contributed by atoms with van der Waals surface area (Å²) in [7, 11) is 4.56. The van der Waals surface area contributed by atoms with Crippen molar-refractivity contribution in [3.05, 3.63) is 65.2 Å². The van der Waals surface area contributed by atoms with Crippen LogP contribution in [0.3, 0.4) is 0 Å². The summed E-state index contributed by atoms with van der Waals surface area (Å²) in [4.78, 5) is 17.4. The van der Waals surface area contributed by atoms with Crippen LogP contribution in [0.15, 0.2) is 42.5 Å². The number of carbonyl (C=O) groups is 1. The maximum Gasteiger partial charge on any atom is 0.224 e. The third kappa shape index (κ3) is 4.89. The van der Waals surface area contributed by atoms with Gasteiger partial charge in [-0.05, 0) is 38.0 Å². The highest BCUT2D eigenvalue weighted by Crippen LogP contribution is 2.40. The molecule has 4 aromatic rings. The lowest BCUT2D eigenvalue weighted by Gasteiger charge is -2.15. The summed E-state index contributed by atoms with van der Waals surface area (Å²) in [6.45, 7) is 3.85. The zero-order chi connectivity index (χ0) is 25.1. The standard InChI is InChI=1S/C26H27FN4O4/c1-15-20(9-10-25(32)29-19-12-22(33-3)26(35-5)23(13-19)34-4)16(2)31-24(28-15)14-21(30-31)17-7-6-8-18(27)11-17/h6-8,11-14H,9-10H2,1-5H3,(H,29,32). The highest BCUT2D eigenvalue weighted by molar-refractivity contribution is 5.91. The van der Waals surface area contributed by atoms with Crippen molar-refractivity contribution in [2.45, 2.75) is 26.7 Å². The minimum Gasteiger partial charge on any atom is -0.493 e. The van der Waals surface area contributed by atoms with E-state index in [4.69, 9.17) is 14.2 Å². The van der Waals surface area contributed by atoms with Gasteiger partial charge in [0.1, 0.15) is 5.82 Å². The summed E-state index contributed by atoms with van der Waals surface area (Å²) in [5.74, 6) is 0.876. The molecule has 2 aromatic carbocycles. The average Bonchev–Trinajstić information content (AvgIpc) is 3.27. The molecule has 1 amide bonds. The Balaban J connectivity index is 1.53. The Labute approximate surface area is 202 Å². The highest BCUT2D eigenvalue weighted by Gasteiger charge is 2.17. The molecule has 182 valence electrons. The summed E-state index contributed by atoms with van der Waals surface area (Å²) < 4.78 is 31.4. The van der Waals surface area contributed by atoms with Crippen LogP contribution in [0.5, 0.6) is 17.2 Å². The normalized spacial score (nSPS) is 10.9. The molecule has 4 rings (SSSR count). The molecule has 1 N–H and O–H groups in total. The number of aromatic nitrogens is 3. The molecular formula is C26H27FN4O4. The summed E-state index contributed by atoms with van der Waals surface area (Å²) >= 11 is 0. The second kappa shape index (κ2) is 10.0. The Kier molecular flexibility index (Phi) is 6.86. The van der Waals surface area contributed by atoms with Crippen molar-refractivity contribution < 1.29 is 23.4 Å². The van der Waals surface area contributed by atoms with E-state index in [1.54, 1.807) is 28.8 Å². The minimum atomic E-state index is -0.320. The first-order chi connectivity index (χ1) is 16.8. The quantitative estimate of drug-likeness (QED) is 0.393. The van der Waals surface area contributed by atoms with E-state index in [9.17, 15) is 9.18 Å². The minimum absolute atomic E-state index is 0.168. The molecule has 0 aliphatic heterocycles. The van der Waals surface area contributed by atoms with Crippen LogP contribution in [-0.2, 0) is 11.2 Å². The number of nitrogens with one attached hydrogen (secondary N) is 1. The number of halogens is 1. The molecule has 0 atom stereocenters. The Bertz CT molecular complexity index is 1370. The van der Waals surface area contributed by atoms with Crippen molar-refractivity contribution in [2.75, 3.05) is 26.6 Å². The van der Waals surface area contributed by atoms with E-state index in [0.717, 1.165) is 17.0 Å². The zero-order valence-electron chi connectivity index (χ0n) is 20.3. The van der Waals surface area contributed by atoms with Crippen molar-refractivity contribution in [3.8, 4) is 28.5 Å². The maximum atomic E-state index is 13.7. The summed E-state index contributed by atoms with van der Waals surface area (Å²) in [6.07, 6.45) is 0.718. The lowest BCUT2D eigenvalue weighted by Crippen LogP contribution is -2.14. The molecule has 0 aliphatic carbocycles. The summed E-state index contributed by atoms with van der Waals surface area (Å²) in [5, 5.41) is 7.51. The van der Waals surface area contributed by atoms with Gasteiger partial charge in [0, 0.05) is 47.3 Å². The van der Waals surface area contributed by atoms with Crippen LogP contribution >= 0.6 is 0 Å². The molecule has 0 unspecified atom stereocenters. The van der Waals surface area contributed by atoms with Crippen molar-refractivity contribution >= 4 is 17.2 Å². The van der Waals surface area contributed by atoms with Crippen LogP contribution in [0.4, 0.5) is 10.1 Å². The predicted molar refractivity (Wildman–Crippen MR) is 131 cm³/mol. The van der Waals surface area contributed by atoms with Gasteiger partial charge in [-0.1, -0.05) is 12.1 Å². The van der Waals surface area contributed by atoms with E-state index in [-0.39, 0.29) is 18.1 Å². The lowest BCUT2D eigenvalue weighted by atomic mass is 10.1. The van der Waals surface area contributed by atoms with Crippen molar-refractivity contribution in [1.82, 2.24) is 14.6 Å². The van der Waals surface area contributed by atoms with Crippen LogP contribution < -0.4 is 19.5 Å². The summed E-state index contributed by atoms with van der Waals surface area (Å²) in [5.41, 5.74) is 5.17. The van der Waals surface area contributed by atoms with Gasteiger partial charge in [0.05, 0.1) is 27.0 Å². The molecule has 0 aliphatic rings. The molecule has 0 saturated carbocycles. The molecule has 0 saturated heterocycles. The van der Waals surface area contributed by atoms with E-state index >= 15 is 0 Å². The average molecular weight is 479 g/mol. The van der Waals surface area contributed by atoms with E-state index in [1.807, 2.05) is 19.9 Å². The molecule has 9 heteroatoms. The fourth-order valence-corrected chi connectivity index (χ4v) is 4.09. The van der Waals surface area contributed by atoms with Crippen LogP contribution in [0.2, 0.25) is 0 Å². The molecule has 0 fully saturated rings. The number of hydrogen-bond donors (Lipinski definition) is 1. The van der Waals surface area contributed by atoms with Gasteiger partial charge in [0.25, 0.3) is 0 Å². The maximum absolute atomic E-state index is 13.7. The number of amides is 1. The van der Waals surface area contributed by atoms with Crippen LogP contribution in [0.25, 0.3) is 16.9 Å². The first-order valence-electron chi connectivity index (χ1n) is 11.1. The highest BCUT2D eigenvalue weighted by atomic mass is 19.1. The fourth-order valence-electron chi connectivity index (χ4n) is 4.09. The topological polar surface area (TPSA) is 87.0 Å². The largest absolute Gasteiger partial charge is 0.493 e. The Hall–Kier alpha value is -4.14. The fraction of sp³-hybridized carbons (Fsp3) is 0.269. The molecule has 8 nitrogen and oxygen atoms in total. The number of nitrogens with zero attached hydrogens (tertiary/aromatic N) is 3. The van der Waals surface area contributed by atoms with Gasteiger partial charge >= 0.3 is 0 Å². The zero-order valence-corrected chi connectivity index (χ0v) is 20.3. The molecular weight excluding hydrogens is 451 g/mol. The third-order valence-electron chi connectivity index (χ3n) is 5.83. The van der Waals surface area contributed by atoms with Gasteiger partial charge < -0.3 is 19.5 Å². The van der Waals surface area contributed by atoms with Gasteiger partial charge in [-0.15, -0.1) is 0 Å². The van der Waals surface area contributed by atoms with Crippen LogP contribution in [-0.4, -0.2) is 41.8 Å². The molecule has 2 heterocycles. The number of fused-ring (bicyclic) bond motifs is 1. The lowest BCUT2D eigenvalue weighted by molar-refractivity contribution is -0.116. The molecule has 35 heavy (non-hydrogen) atoms. The van der Waals surface area contributed by atoms with Gasteiger partial charge in [-0.3, -0.25) is 4.79 Å². The monoisotopic (exact) mass is 478 g/mol. The third-order valence-corrected chi connectivity index (χ3v) is 5.83. The number of hydrogen-bond acceptors (Lipinski definition) is 6. The second-order valence-corrected chi connectivity index (χ2v) is 8.03. The number of aryl methyl sites for hydroxylation is 2. The Morgan fingerprint density at radius 1 is 1.03 bits per heavy atom. The molecule has 2 aromatic heterocycles. The molecule has 0 spiro atoms. The number of carbonyl (C=O) groups excluding carboxylic acids is 1. The smallest absolute Gasteiger partial charge is 0.224 e. The SMILES string of the molecule is COc1cc(NC(=O)CCc2c(C)nc3cc(-c4cccc(F)c4)nn3c2C)cc(OC)c1OC. The first-order valence-corrected chi connectivity index (χ1v) is 11.1. The van der Waals surface area contributed by atoms with E-state index < -0.39 is 0 Å². The molecule has 0 radical (unpaired) electrons. The summed E-state index contributed by atoms with van der Waals surface area (Å²) in [6, 6.07) is 11.5. The van der Waals surface area contributed by atoms with E-state index in [0.29, 0.717) is 46.3 Å². The van der Waals surface area contributed by atoms with Crippen molar-refractivity contribution in [1.29, 1.82) is 0 Å². The van der Waals surface area contributed by atoms with E-state index in [1.165, 1.54) is 33.5 Å². The van der Waals surface area contributed by atoms with Gasteiger partial charge in [-0.25, -0.2) is 13.9 Å². The number of benzene rings is 2. The van der Waals surface area contributed by atoms with Gasteiger partial charge in [0.2, 0.25) is 11.7 Å². The predicted octanol–water partition coefficient (Wildman–Crippen LogP) is 4.75. The van der Waals surface area contributed by atoms with Gasteiger partial charge in [-0.2, -0.15) is 5.10 Å². The van der Waals surface area contributed by atoms with Crippen molar-refractivity contribution in [2.24, 2.45) is 0 Å². The number of anilines is 1. The second-order valence-electron chi connectivity index (χ2n) is 8.03. The Morgan fingerprint density at radius 3 is 2.37 bits per heavy atom. The first kappa shape index (κ1) is 24.0. The van der Waals surface area contributed by atoms with Crippen molar-refractivity contribution in [3.63, 3.8) is 0 Å². The number of rotatable bonds is 8. The number of methoxy groups -OCH3 is 3. The van der Waals surface area contributed by atoms with Crippen LogP contribution in [0.1, 0.15) is 23.4 Å². The van der Waals surface area contributed by atoms with E-state index in [2.05, 4.69) is 15.4 Å². The number of ether oxygens (including phenoxy) is 3. The molecule has 0 bridgehead atoms. The Morgan fingerprint density at radius 2 is 1.74 bits per heavy atom.